The SMILES string of the molecule is CO[C@H]1C[C@H]2CC1C[C@@H]2O[Si](c1ccccc1)(c1ccccc1)C(C)(C)C. The molecule has 2 aromatic carbocycles. The fraction of sp³-hybridized carbons (Fsp3) is 0.500. The fourth-order valence-electron chi connectivity index (χ4n) is 5.52. The summed E-state index contributed by atoms with van der Waals surface area (Å²) in [6.45, 7) is 7.10. The van der Waals surface area contributed by atoms with E-state index < -0.39 is 8.32 Å². The van der Waals surface area contributed by atoms with Gasteiger partial charge in [0.05, 0.1) is 6.10 Å². The Morgan fingerprint density at radius 2 is 1.22 bits per heavy atom. The molecular formula is C24H32O2Si. The number of hydrogen-bond acceptors (Lipinski definition) is 2. The predicted molar refractivity (Wildman–Crippen MR) is 114 cm³/mol. The lowest BCUT2D eigenvalue weighted by Gasteiger charge is -2.46. The molecule has 2 nitrogen and oxygen atoms in total. The Morgan fingerprint density at radius 3 is 1.63 bits per heavy atom. The molecule has 3 heteroatoms. The first-order valence-electron chi connectivity index (χ1n) is 10.3. The number of fused-ring (bicyclic) bond motifs is 2. The van der Waals surface area contributed by atoms with Crippen molar-refractivity contribution in [2.75, 3.05) is 7.11 Å². The maximum atomic E-state index is 7.35. The summed E-state index contributed by atoms with van der Waals surface area (Å²) < 4.78 is 13.1. The number of methoxy groups -OCH3 is 1. The van der Waals surface area contributed by atoms with Gasteiger partial charge < -0.3 is 9.16 Å². The lowest BCUT2D eigenvalue weighted by atomic mass is 9.95. The Morgan fingerprint density at radius 1 is 0.741 bits per heavy atom. The van der Waals surface area contributed by atoms with Crippen molar-refractivity contribution in [3.8, 4) is 0 Å². The molecule has 4 atom stereocenters. The van der Waals surface area contributed by atoms with Gasteiger partial charge in [-0.1, -0.05) is 81.4 Å². The Kier molecular flexibility index (Phi) is 5.04. The van der Waals surface area contributed by atoms with Gasteiger partial charge in [-0.05, 0) is 46.5 Å². The summed E-state index contributed by atoms with van der Waals surface area (Å²) in [5.41, 5.74) is 0. The molecule has 2 aliphatic rings. The highest BCUT2D eigenvalue weighted by molar-refractivity contribution is 6.99. The molecule has 2 aromatic rings. The van der Waals surface area contributed by atoms with Crippen molar-refractivity contribution in [3.63, 3.8) is 0 Å². The Hall–Kier alpha value is -1.42. The zero-order chi connectivity index (χ0) is 19.1. The molecule has 0 radical (unpaired) electrons. The molecule has 2 fully saturated rings. The molecule has 2 saturated carbocycles. The monoisotopic (exact) mass is 380 g/mol. The molecule has 0 heterocycles. The van der Waals surface area contributed by atoms with Crippen LogP contribution in [0.4, 0.5) is 0 Å². The number of rotatable bonds is 5. The van der Waals surface area contributed by atoms with Gasteiger partial charge in [-0.3, -0.25) is 0 Å². The summed E-state index contributed by atoms with van der Waals surface area (Å²) in [4.78, 5) is 0. The second kappa shape index (κ2) is 7.19. The van der Waals surface area contributed by atoms with Gasteiger partial charge in [-0.15, -0.1) is 0 Å². The van der Waals surface area contributed by atoms with E-state index in [1.54, 1.807) is 0 Å². The number of ether oxygens (including phenoxy) is 1. The maximum absolute atomic E-state index is 7.35. The van der Waals surface area contributed by atoms with Crippen LogP contribution in [-0.2, 0) is 9.16 Å². The first kappa shape index (κ1) is 18.9. The van der Waals surface area contributed by atoms with E-state index in [9.17, 15) is 0 Å². The van der Waals surface area contributed by atoms with Crippen molar-refractivity contribution in [1.82, 2.24) is 0 Å². The summed E-state index contributed by atoms with van der Waals surface area (Å²) in [6.07, 6.45) is 4.36. The predicted octanol–water partition coefficient (Wildman–Crippen LogP) is 4.38. The Bertz CT molecular complexity index is 713. The summed E-state index contributed by atoms with van der Waals surface area (Å²) in [5, 5.41) is 2.82. The first-order chi connectivity index (χ1) is 13.0. The highest BCUT2D eigenvalue weighted by Crippen LogP contribution is 2.49. The van der Waals surface area contributed by atoms with Gasteiger partial charge >= 0.3 is 0 Å². The molecule has 0 amide bonds. The Labute approximate surface area is 165 Å². The second-order valence-electron chi connectivity index (χ2n) is 9.32. The highest BCUT2D eigenvalue weighted by Gasteiger charge is 2.55. The summed E-state index contributed by atoms with van der Waals surface area (Å²) in [5.74, 6) is 1.31. The Balaban J connectivity index is 1.77. The van der Waals surface area contributed by atoms with E-state index in [4.69, 9.17) is 9.16 Å². The summed E-state index contributed by atoms with van der Waals surface area (Å²) in [7, 11) is -0.560. The first-order valence-corrected chi connectivity index (χ1v) is 12.2. The van der Waals surface area contributed by atoms with Crippen LogP contribution in [0.1, 0.15) is 40.0 Å². The molecule has 4 rings (SSSR count). The molecule has 0 aliphatic heterocycles. The van der Waals surface area contributed by atoms with Crippen LogP contribution in [0, 0.1) is 11.8 Å². The van der Waals surface area contributed by atoms with E-state index in [0.717, 1.165) is 12.8 Å². The van der Waals surface area contributed by atoms with Gasteiger partial charge in [0.1, 0.15) is 0 Å². The van der Waals surface area contributed by atoms with Crippen molar-refractivity contribution >= 4 is 18.7 Å². The van der Waals surface area contributed by atoms with E-state index in [1.165, 1.54) is 16.8 Å². The van der Waals surface area contributed by atoms with Gasteiger partial charge in [0, 0.05) is 13.2 Å². The molecule has 27 heavy (non-hydrogen) atoms. The third-order valence-corrected chi connectivity index (χ3v) is 11.8. The lowest BCUT2D eigenvalue weighted by Crippen LogP contribution is -2.68. The molecule has 144 valence electrons. The lowest BCUT2D eigenvalue weighted by molar-refractivity contribution is 0.0208. The molecule has 0 saturated heterocycles. The average molecular weight is 381 g/mol. The van der Waals surface area contributed by atoms with Crippen molar-refractivity contribution in [1.29, 1.82) is 0 Å². The van der Waals surface area contributed by atoms with Crippen molar-refractivity contribution in [2.24, 2.45) is 11.8 Å². The molecule has 0 aromatic heterocycles. The molecule has 0 N–H and O–H groups in total. The fourth-order valence-corrected chi connectivity index (χ4v) is 10.3. The van der Waals surface area contributed by atoms with E-state index in [1.807, 2.05) is 7.11 Å². The average Bonchev–Trinajstić information content (AvgIpc) is 3.26. The third kappa shape index (κ3) is 3.20. The zero-order valence-corrected chi connectivity index (χ0v) is 18.0. The second-order valence-corrected chi connectivity index (χ2v) is 13.6. The molecule has 1 unspecified atom stereocenters. The van der Waals surface area contributed by atoms with Gasteiger partial charge in [-0.2, -0.15) is 0 Å². The van der Waals surface area contributed by atoms with Crippen LogP contribution in [0.5, 0.6) is 0 Å². The van der Waals surface area contributed by atoms with Crippen LogP contribution in [-0.4, -0.2) is 27.6 Å². The molecule has 2 aliphatic carbocycles. The summed E-state index contributed by atoms with van der Waals surface area (Å²) in [6, 6.07) is 22.0. The van der Waals surface area contributed by atoms with Gasteiger partial charge in [0.25, 0.3) is 8.32 Å². The smallest absolute Gasteiger partial charge is 0.261 e. The number of benzene rings is 2. The maximum Gasteiger partial charge on any atom is 0.261 e. The summed E-state index contributed by atoms with van der Waals surface area (Å²) >= 11 is 0. The molecule has 2 bridgehead atoms. The van der Waals surface area contributed by atoms with Crippen LogP contribution < -0.4 is 10.4 Å². The standard InChI is InChI=1S/C24H32O2Si/c1-24(2,3)27(20-11-7-5-8-12-20,21-13-9-6-10-14-21)26-23-17-18-15-19(23)16-22(18)25-4/h5-14,18-19,22-23H,15-17H2,1-4H3/t18?,19-,22+,23+/m1/s1. The topological polar surface area (TPSA) is 18.5 Å². The highest BCUT2D eigenvalue weighted by atomic mass is 28.4. The zero-order valence-electron chi connectivity index (χ0n) is 17.0. The van der Waals surface area contributed by atoms with Crippen LogP contribution in [0.3, 0.4) is 0 Å². The van der Waals surface area contributed by atoms with Gasteiger partial charge in [0.2, 0.25) is 0 Å². The van der Waals surface area contributed by atoms with E-state index in [0.29, 0.717) is 24.0 Å². The van der Waals surface area contributed by atoms with Gasteiger partial charge in [0.15, 0.2) is 0 Å². The van der Waals surface area contributed by atoms with Gasteiger partial charge in [-0.25, -0.2) is 0 Å². The van der Waals surface area contributed by atoms with Crippen LogP contribution in [0.2, 0.25) is 5.04 Å². The third-order valence-electron chi connectivity index (χ3n) is 6.77. The largest absolute Gasteiger partial charge is 0.404 e. The van der Waals surface area contributed by atoms with Crippen LogP contribution in [0.15, 0.2) is 60.7 Å². The van der Waals surface area contributed by atoms with Crippen LogP contribution >= 0.6 is 0 Å². The normalized spacial score (nSPS) is 27.9. The minimum absolute atomic E-state index is 0.0538. The quantitative estimate of drug-likeness (QED) is 0.717. The van der Waals surface area contributed by atoms with Crippen molar-refractivity contribution in [3.05, 3.63) is 60.7 Å². The van der Waals surface area contributed by atoms with E-state index in [2.05, 4.69) is 81.4 Å². The minimum Gasteiger partial charge on any atom is -0.404 e. The molecule has 0 spiro atoms. The minimum atomic E-state index is -2.42. The van der Waals surface area contributed by atoms with E-state index >= 15 is 0 Å². The van der Waals surface area contributed by atoms with E-state index in [-0.39, 0.29) is 5.04 Å². The van der Waals surface area contributed by atoms with Crippen molar-refractivity contribution < 1.29 is 9.16 Å². The van der Waals surface area contributed by atoms with Crippen molar-refractivity contribution in [2.45, 2.75) is 57.3 Å². The molecular weight excluding hydrogens is 348 g/mol. The number of hydrogen-bond donors (Lipinski definition) is 0. The van der Waals surface area contributed by atoms with Crippen LogP contribution in [0.25, 0.3) is 0 Å².